The van der Waals surface area contributed by atoms with E-state index in [9.17, 15) is 9.59 Å². The molecule has 1 N–H and O–H groups in total. The van der Waals surface area contributed by atoms with Gasteiger partial charge in [0, 0.05) is 0 Å². The number of rotatable bonds is 9. The smallest absolute Gasteiger partial charge is 0.338 e. The Morgan fingerprint density at radius 1 is 1.05 bits per heavy atom. The highest BCUT2D eigenvalue weighted by molar-refractivity contribution is 5.92. The van der Waals surface area contributed by atoms with E-state index in [4.69, 9.17) is 9.84 Å². The van der Waals surface area contributed by atoms with Gasteiger partial charge in [0.05, 0.1) is 17.2 Å². The summed E-state index contributed by atoms with van der Waals surface area (Å²) in [6.45, 7) is 4.07. The van der Waals surface area contributed by atoms with Crippen LogP contribution >= 0.6 is 0 Å². The Hall–Kier alpha value is -1.84. The molecule has 1 atom stereocenters. The molecule has 4 nitrogen and oxygen atoms in total. The molecule has 0 fully saturated rings. The molecule has 4 heteroatoms. The van der Waals surface area contributed by atoms with Gasteiger partial charge in [-0.05, 0) is 44.0 Å². The molecule has 0 aliphatic carbocycles. The van der Waals surface area contributed by atoms with Crippen molar-refractivity contribution >= 4 is 11.9 Å². The summed E-state index contributed by atoms with van der Waals surface area (Å²) in [6.07, 6.45) is 6.69. The maximum atomic E-state index is 11.9. The number of carbonyl (C=O) groups is 2. The zero-order chi connectivity index (χ0) is 15.7. The quantitative estimate of drug-likeness (QED) is 0.544. The summed E-state index contributed by atoms with van der Waals surface area (Å²) in [7, 11) is 0. The summed E-state index contributed by atoms with van der Waals surface area (Å²) < 4.78 is 5.36. The van der Waals surface area contributed by atoms with E-state index in [0.717, 1.165) is 12.8 Å². The van der Waals surface area contributed by atoms with Crippen LogP contribution in [0, 0.1) is 0 Å². The van der Waals surface area contributed by atoms with Crippen LogP contribution in [0.15, 0.2) is 24.3 Å². The van der Waals surface area contributed by atoms with Crippen molar-refractivity contribution in [2.75, 3.05) is 0 Å². The largest absolute Gasteiger partial charge is 0.478 e. The molecular formula is C17H24O4. The molecule has 21 heavy (non-hydrogen) atoms. The topological polar surface area (TPSA) is 63.6 Å². The Morgan fingerprint density at radius 3 is 2.19 bits per heavy atom. The minimum Gasteiger partial charge on any atom is -0.478 e. The lowest BCUT2D eigenvalue weighted by molar-refractivity contribution is 0.0319. The minimum atomic E-state index is -1.00. The van der Waals surface area contributed by atoms with E-state index >= 15 is 0 Å². The lowest BCUT2D eigenvalue weighted by Gasteiger charge is -2.13. The molecule has 0 saturated carbocycles. The molecule has 1 rings (SSSR count). The molecule has 0 aliphatic rings. The second-order valence-corrected chi connectivity index (χ2v) is 5.30. The zero-order valence-corrected chi connectivity index (χ0v) is 12.8. The summed E-state index contributed by atoms with van der Waals surface area (Å²) in [6, 6.07) is 5.79. The molecule has 1 unspecified atom stereocenters. The van der Waals surface area contributed by atoms with Gasteiger partial charge in [0.1, 0.15) is 0 Å². The first-order valence-electron chi connectivity index (χ1n) is 7.59. The molecule has 0 aliphatic heterocycles. The third-order valence-electron chi connectivity index (χ3n) is 3.39. The van der Waals surface area contributed by atoms with Crippen LogP contribution in [0.2, 0.25) is 0 Å². The summed E-state index contributed by atoms with van der Waals surface area (Å²) in [5.41, 5.74) is 0.549. The normalized spacial score (nSPS) is 11.9. The van der Waals surface area contributed by atoms with Crippen LogP contribution in [-0.4, -0.2) is 23.1 Å². The number of esters is 1. The molecule has 1 aromatic rings. The van der Waals surface area contributed by atoms with Gasteiger partial charge in [0.25, 0.3) is 0 Å². The second-order valence-electron chi connectivity index (χ2n) is 5.30. The fraction of sp³-hybridized carbons (Fsp3) is 0.529. The number of unbranched alkanes of at least 4 members (excludes halogenated alkanes) is 4. The van der Waals surface area contributed by atoms with Gasteiger partial charge in [0.15, 0.2) is 0 Å². The molecule has 0 heterocycles. The predicted octanol–water partition coefficient (Wildman–Crippen LogP) is 4.29. The van der Waals surface area contributed by atoms with Gasteiger partial charge in [-0.2, -0.15) is 0 Å². The first-order valence-corrected chi connectivity index (χ1v) is 7.59. The molecule has 0 amide bonds. The average molecular weight is 292 g/mol. The number of ether oxygens (including phenoxy) is 1. The van der Waals surface area contributed by atoms with Crippen LogP contribution in [0.1, 0.15) is 73.1 Å². The lowest BCUT2D eigenvalue weighted by Crippen LogP contribution is -2.15. The maximum absolute atomic E-state index is 11.9. The standard InChI is InChI=1S/C17H24O4/c1-3-4-5-6-7-8-13(2)21-17(20)15-11-9-14(10-12-15)16(18)19/h9-13H,3-8H2,1-2H3,(H,18,19). The van der Waals surface area contributed by atoms with Gasteiger partial charge in [-0.25, -0.2) is 9.59 Å². The fourth-order valence-electron chi connectivity index (χ4n) is 2.09. The van der Waals surface area contributed by atoms with Crippen molar-refractivity contribution in [1.29, 1.82) is 0 Å². The van der Waals surface area contributed by atoms with Crippen LogP contribution in [0.3, 0.4) is 0 Å². The van der Waals surface area contributed by atoms with E-state index in [-0.39, 0.29) is 11.7 Å². The van der Waals surface area contributed by atoms with Crippen LogP contribution in [0.25, 0.3) is 0 Å². The van der Waals surface area contributed by atoms with E-state index in [2.05, 4.69) is 6.92 Å². The first-order chi connectivity index (χ1) is 10.0. The summed E-state index contributed by atoms with van der Waals surface area (Å²) in [5.74, 6) is -1.40. The second kappa shape index (κ2) is 9.16. The van der Waals surface area contributed by atoms with Crippen LogP contribution in [0.5, 0.6) is 0 Å². The highest BCUT2D eigenvalue weighted by Gasteiger charge is 2.12. The maximum Gasteiger partial charge on any atom is 0.338 e. The number of carboxylic acid groups (broad SMARTS) is 1. The minimum absolute atomic E-state index is 0.113. The number of carbonyl (C=O) groups excluding carboxylic acids is 1. The number of benzene rings is 1. The van der Waals surface area contributed by atoms with Crippen molar-refractivity contribution in [1.82, 2.24) is 0 Å². The van der Waals surface area contributed by atoms with E-state index in [1.54, 1.807) is 0 Å². The molecule has 116 valence electrons. The fourth-order valence-corrected chi connectivity index (χ4v) is 2.09. The van der Waals surface area contributed by atoms with Crippen molar-refractivity contribution in [3.8, 4) is 0 Å². The summed E-state index contributed by atoms with van der Waals surface area (Å²) in [5, 5.41) is 8.80. The molecule has 0 aromatic heterocycles. The van der Waals surface area contributed by atoms with Gasteiger partial charge < -0.3 is 9.84 Å². The molecule has 0 spiro atoms. The molecule has 0 saturated heterocycles. The Morgan fingerprint density at radius 2 is 1.62 bits per heavy atom. The number of carboxylic acids is 1. The van der Waals surface area contributed by atoms with E-state index in [1.807, 2.05) is 6.92 Å². The summed E-state index contributed by atoms with van der Waals surface area (Å²) in [4.78, 5) is 22.6. The van der Waals surface area contributed by atoms with Gasteiger partial charge >= 0.3 is 11.9 Å². The van der Waals surface area contributed by atoms with Crippen LogP contribution in [0.4, 0.5) is 0 Å². The SMILES string of the molecule is CCCCCCCC(C)OC(=O)c1ccc(C(=O)O)cc1. The molecule has 0 bridgehead atoms. The Labute approximate surface area is 126 Å². The number of aromatic carboxylic acids is 1. The van der Waals surface area contributed by atoms with Gasteiger partial charge in [0.2, 0.25) is 0 Å². The predicted molar refractivity (Wildman–Crippen MR) is 81.7 cm³/mol. The highest BCUT2D eigenvalue weighted by atomic mass is 16.5. The monoisotopic (exact) mass is 292 g/mol. The van der Waals surface area contributed by atoms with Crippen molar-refractivity contribution in [2.45, 2.75) is 58.5 Å². The zero-order valence-electron chi connectivity index (χ0n) is 12.8. The van der Waals surface area contributed by atoms with Crippen molar-refractivity contribution in [2.24, 2.45) is 0 Å². The van der Waals surface area contributed by atoms with Crippen molar-refractivity contribution < 1.29 is 19.4 Å². The summed E-state index contributed by atoms with van der Waals surface area (Å²) >= 11 is 0. The van der Waals surface area contributed by atoms with Gasteiger partial charge in [-0.3, -0.25) is 0 Å². The number of hydrogen-bond acceptors (Lipinski definition) is 3. The molecule has 0 radical (unpaired) electrons. The van der Waals surface area contributed by atoms with Crippen molar-refractivity contribution in [3.05, 3.63) is 35.4 Å². The Bertz CT molecular complexity index is 450. The van der Waals surface area contributed by atoms with Crippen LogP contribution in [-0.2, 0) is 4.74 Å². The van der Waals surface area contributed by atoms with E-state index in [1.165, 1.54) is 49.9 Å². The van der Waals surface area contributed by atoms with Gasteiger partial charge in [-0.1, -0.05) is 32.6 Å². The Balaban J connectivity index is 2.36. The third-order valence-corrected chi connectivity index (χ3v) is 3.39. The van der Waals surface area contributed by atoms with E-state index in [0.29, 0.717) is 5.56 Å². The highest BCUT2D eigenvalue weighted by Crippen LogP contribution is 2.12. The Kier molecular flexibility index (Phi) is 7.51. The molecular weight excluding hydrogens is 268 g/mol. The number of hydrogen-bond donors (Lipinski definition) is 1. The van der Waals surface area contributed by atoms with Crippen molar-refractivity contribution in [3.63, 3.8) is 0 Å². The van der Waals surface area contributed by atoms with Crippen LogP contribution < -0.4 is 0 Å². The first kappa shape index (κ1) is 17.2. The molecule has 1 aromatic carbocycles. The average Bonchev–Trinajstić information content (AvgIpc) is 2.47. The lowest BCUT2D eigenvalue weighted by atomic mass is 10.1. The third kappa shape index (κ3) is 6.43. The van der Waals surface area contributed by atoms with Gasteiger partial charge in [-0.15, -0.1) is 0 Å². The van der Waals surface area contributed by atoms with E-state index < -0.39 is 11.9 Å².